The van der Waals surface area contributed by atoms with Gasteiger partial charge in [0, 0.05) is 0 Å². The summed E-state index contributed by atoms with van der Waals surface area (Å²) in [7, 11) is 1.56. The zero-order valence-electron chi connectivity index (χ0n) is 11.5. The third kappa shape index (κ3) is 3.95. The molecule has 0 radical (unpaired) electrons. The lowest BCUT2D eigenvalue weighted by Gasteiger charge is -2.15. The van der Waals surface area contributed by atoms with E-state index >= 15 is 0 Å². The summed E-state index contributed by atoms with van der Waals surface area (Å²) in [6.45, 7) is 7.46. The van der Waals surface area contributed by atoms with E-state index in [0.717, 1.165) is 0 Å². The summed E-state index contributed by atoms with van der Waals surface area (Å²) >= 11 is 0. The maximum Gasteiger partial charge on any atom is 0.338 e. The Morgan fingerprint density at radius 1 is 1.06 bits per heavy atom. The predicted octanol–water partition coefficient (Wildman–Crippen LogP) is 3.05. The molecule has 0 aliphatic carbocycles. The van der Waals surface area contributed by atoms with E-state index in [1.54, 1.807) is 25.3 Å². The first-order valence-corrected chi connectivity index (χ1v) is 5.99. The molecule has 100 valence electrons. The van der Waals surface area contributed by atoms with Crippen LogP contribution >= 0.6 is 0 Å². The molecule has 4 heteroatoms. The molecule has 0 N–H and O–H groups in total. The van der Waals surface area contributed by atoms with Crippen LogP contribution in [0, 0.1) is 0 Å². The van der Waals surface area contributed by atoms with Crippen molar-refractivity contribution in [3.05, 3.63) is 23.8 Å². The second kappa shape index (κ2) is 6.28. The molecule has 0 saturated carbocycles. The lowest BCUT2D eigenvalue weighted by molar-refractivity contribution is 0.0377. The van der Waals surface area contributed by atoms with Crippen molar-refractivity contribution in [3.8, 4) is 11.5 Å². The standard InChI is InChI=1S/C14H20O4/c1-9(2)17-13-8-11(6-7-12(13)16-5)14(15)18-10(3)4/h6-10H,1-5H3. The molecule has 0 bridgehead atoms. The van der Waals surface area contributed by atoms with Crippen LogP contribution < -0.4 is 9.47 Å². The molecule has 0 heterocycles. The zero-order chi connectivity index (χ0) is 13.7. The van der Waals surface area contributed by atoms with Gasteiger partial charge in [-0.1, -0.05) is 0 Å². The molecule has 0 aliphatic heterocycles. The van der Waals surface area contributed by atoms with E-state index < -0.39 is 0 Å². The zero-order valence-corrected chi connectivity index (χ0v) is 11.5. The predicted molar refractivity (Wildman–Crippen MR) is 69.3 cm³/mol. The van der Waals surface area contributed by atoms with E-state index in [1.807, 2.05) is 27.7 Å². The van der Waals surface area contributed by atoms with Gasteiger partial charge >= 0.3 is 5.97 Å². The van der Waals surface area contributed by atoms with E-state index in [-0.39, 0.29) is 18.2 Å². The van der Waals surface area contributed by atoms with E-state index in [9.17, 15) is 4.79 Å². The van der Waals surface area contributed by atoms with Crippen LogP contribution in [0.25, 0.3) is 0 Å². The Morgan fingerprint density at radius 2 is 1.72 bits per heavy atom. The van der Waals surface area contributed by atoms with E-state index in [0.29, 0.717) is 17.1 Å². The Labute approximate surface area is 108 Å². The molecule has 0 atom stereocenters. The first kappa shape index (κ1) is 14.4. The SMILES string of the molecule is COc1ccc(C(=O)OC(C)C)cc1OC(C)C. The first-order chi connectivity index (χ1) is 8.43. The van der Waals surface area contributed by atoms with Crippen LogP contribution in [0.4, 0.5) is 0 Å². The van der Waals surface area contributed by atoms with Gasteiger partial charge in [-0.25, -0.2) is 4.79 Å². The van der Waals surface area contributed by atoms with Gasteiger partial charge in [-0.2, -0.15) is 0 Å². The van der Waals surface area contributed by atoms with Crippen LogP contribution in [0.15, 0.2) is 18.2 Å². The monoisotopic (exact) mass is 252 g/mol. The molecule has 1 aromatic rings. The molecule has 0 aliphatic rings. The van der Waals surface area contributed by atoms with Crippen molar-refractivity contribution in [3.63, 3.8) is 0 Å². The summed E-state index contributed by atoms with van der Waals surface area (Å²) in [5, 5.41) is 0. The molecule has 0 unspecified atom stereocenters. The number of rotatable bonds is 5. The van der Waals surface area contributed by atoms with Gasteiger partial charge < -0.3 is 14.2 Å². The van der Waals surface area contributed by atoms with Gasteiger partial charge in [-0.15, -0.1) is 0 Å². The van der Waals surface area contributed by atoms with Gasteiger partial charge in [0.2, 0.25) is 0 Å². The first-order valence-electron chi connectivity index (χ1n) is 5.99. The smallest absolute Gasteiger partial charge is 0.338 e. The number of hydrogen-bond donors (Lipinski definition) is 0. The number of benzene rings is 1. The normalized spacial score (nSPS) is 10.6. The highest BCUT2D eigenvalue weighted by atomic mass is 16.5. The maximum atomic E-state index is 11.8. The van der Waals surface area contributed by atoms with Crippen LogP contribution in [-0.2, 0) is 4.74 Å². The Kier molecular flexibility index (Phi) is 5.01. The maximum absolute atomic E-state index is 11.8. The average molecular weight is 252 g/mol. The number of methoxy groups -OCH3 is 1. The number of hydrogen-bond acceptors (Lipinski definition) is 4. The van der Waals surface area contributed by atoms with Gasteiger partial charge in [0.25, 0.3) is 0 Å². The fourth-order valence-electron chi connectivity index (χ4n) is 1.43. The van der Waals surface area contributed by atoms with Crippen molar-refractivity contribution >= 4 is 5.97 Å². The van der Waals surface area contributed by atoms with Gasteiger partial charge in [-0.3, -0.25) is 0 Å². The van der Waals surface area contributed by atoms with Crippen molar-refractivity contribution in [2.45, 2.75) is 39.9 Å². The Bertz CT molecular complexity index is 410. The fourth-order valence-corrected chi connectivity index (χ4v) is 1.43. The number of carbonyl (C=O) groups excluding carboxylic acids is 1. The molecule has 0 amide bonds. The molecular weight excluding hydrogens is 232 g/mol. The highest BCUT2D eigenvalue weighted by Gasteiger charge is 2.14. The highest BCUT2D eigenvalue weighted by Crippen LogP contribution is 2.29. The van der Waals surface area contributed by atoms with Crippen molar-refractivity contribution < 1.29 is 19.0 Å². The Hall–Kier alpha value is -1.71. The fraction of sp³-hybridized carbons (Fsp3) is 0.500. The Morgan fingerprint density at radius 3 is 2.22 bits per heavy atom. The lowest BCUT2D eigenvalue weighted by Crippen LogP contribution is -2.12. The van der Waals surface area contributed by atoms with Crippen LogP contribution in [-0.4, -0.2) is 25.3 Å². The summed E-state index contributed by atoms with van der Waals surface area (Å²) in [5.74, 6) is 0.789. The van der Waals surface area contributed by atoms with Gasteiger partial charge in [-0.05, 0) is 45.9 Å². The summed E-state index contributed by atoms with van der Waals surface area (Å²) < 4.78 is 15.9. The highest BCUT2D eigenvalue weighted by molar-refractivity contribution is 5.90. The third-order valence-corrected chi connectivity index (χ3v) is 2.10. The number of esters is 1. The molecule has 0 spiro atoms. The molecule has 18 heavy (non-hydrogen) atoms. The molecule has 0 fully saturated rings. The summed E-state index contributed by atoms with van der Waals surface area (Å²) in [4.78, 5) is 11.8. The minimum Gasteiger partial charge on any atom is -0.493 e. The van der Waals surface area contributed by atoms with Crippen LogP contribution in [0.5, 0.6) is 11.5 Å². The van der Waals surface area contributed by atoms with Crippen molar-refractivity contribution in [1.82, 2.24) is 0 Å². The topological polar surface area (TPSA) is 44.8 Å². The van der Waals surface area contributed by atoms with E-state index in [2.05, 4.69) is 0 Å². The molecule has 1 rings (SSSR count). The van der Waals surface area contributed by atoms with Crippen LogP contribution in [0.3, 0.4) is 0 Å². The second-order valence-electron chi connectivity index (χ2n) is 4.49. The quantitative estimate of drug-likeness (QED) is 0.755. The van der Waals surface area contributed by atoms with E-state index in [4.69, 9.17) is 14.2 Å². The number of carbonyl (C=O) groups is 1. The molecule has 1 aromatic carbocycles. The lowest BCUT2D eigenvalue weighted by atomic mass is 10.2. The third-order valence-electron chi connectivity index (χ3n) is 2.10. The average Bonchev–Trinajstić information content (AvgIpc) is 2.27. The summed E-state index contributed by atoms with van der Waals surface area (Å²) in [6, 6.07) is 5.01. The Balaban J connectivity index is 2.98. The van der Waals surface area contributed by atoms with Crippen LogP contribution in [0.2, 0.25) is 0 Å². The largest absolute Gasteiger partial charge is 0.493 e. The number of ether oxygens (including phenoxy) is 3. The van der Waals surface area contributed by atoms with Crippen molar-refractivity contribution in [1.29, 1.82) is 0 Å². The summed E-state index contributed by atoms with van der Waals surface area (Å²) in [6.07, 6.45) is -0.135. The molecule has 0 aromatic heterocycles. The van der Waals surface area contributed by atoms with Crippen molar-refractivity contribution in [2.75, 3.05) is 7.11 Å². The van der Waals surface area contributed by atoms with Gasteiger partial charge in [0.1, 0.15) is 0 Å². The van der Waals surface area contributed by atoms with E-state index in [1.165, 1.54) is 0 Å². The minimum atomic E-state index is -0.360. The van der Waals surface area contributed by atoms with Crippen LogP contribution in [0.1, 0.15) is 38.1 Å². The molecule has 0 saturated heterocycles. The van der Waals surface area contributed by atoms with Gasteiger partial charge in [0.05, 0.1) is 24.9 Å². The molecular formula is C14H20O4. The van der Waals surface area contributed by atoms with Crippen molar-refractivity contribution in [2.24, 2.45) is 0 Å². The van der Waals surface area contributed by atoms with Gasteiger partial charge in [0.15, 0.2) is 11.5 Å². The summed E-state index contributed by atoms with van der Waals surface area (Å²) in [5.41, 5.74) is 0.458. The molecule has 4 nitrogen and oxygen atoms in total. The second-order valence-corrected chi connectivity index (χ2v) is 4.49. The minimum absolute atomic E-state index is 0.00951.